The molecule has 1 fully saturated rings. The highest BCUT2D eigenvalue weighted by Gasteiger charge is 2.33. The molecule has 3 aromatic rings. The molecule has 172 valence electrons. The van der Waals surface area contributed by atoms with E-state index in [2.05, 4.69) is 5.32 Å². The summed E-state index contributed by atoms with van der Waals surface area (Å²) in [5.74, 6) is 2.33. The maximum Gasteiger partial charge on any atom is 0.251 e. The predicted octanol–water partition coefficient (Wildman–Crippen LogP) is 4.56. The van der Waals surface area contributed by atoms with Gasteiger partial charge in [-0.3, -0.25) is 9.59 Å². The van der Waals surface area contributed by atoms with Crippen LogP contribution in [0, 0.1) is 0 Å². The Bertz CT molecular complexity index is 1110. The van der Waals surface area contributed by atoms with Gasteiger partial charge in [0.1, 0.15) is 11.1 Å². The number of ether oxygens (including phenoxy) is 2. The average Bonchev–Trinajstić information content (AvgIpc) is 3.49. The number of nitrogens with zero attached hydrogens (tertiary/aromatic N) is 1. The van der Waals surface area contributed by atoms with Crippen LogP contribution in [-0.4, -0.2) is 36.7 Å². The fourth-order valence-electron chi connectivity index (χ4n) is 3.76. The van der Waals surface area contributed by atoms with Crippen LogP contribution < -0.4 is 14.8 Å². The van der Waals surface area contributed by atoms with Crippen molar-refractivity contribution in [3.05, 3.63) is 83.3 Å². The van der Waals surface area contributed by atoms with E-state index in [1.54, 1.807) is 49.3 Å². The normalized spacial score (nSPS) is 16.5. The molecule has 8 heteroatoms. The van der Waals surface area contributed by atoms with Crippen molar-refractivity contribution in [2.24, 2.45) is 0 Å². The second-order valence-corrected chi connectivity index (χ2v) is 8.76. The summed E-state index contributed by atoms with van der Waals surface area (Å²) in [5.41, 5.74) is 2.44. The Kier molecular flexibility index (Phi) is 6.93. The van der Waals surface area contributed by atoms with Gasteiger partial charge < -0.3 is 24.1 Å². The van der Waals surface area contributed by atoms with Gasteiger partial charge in [0.05, 0.1) is 38.8 Å². The van der Waals surface area contributed by atoms with Gasteiger partial charge in [-0.05, 0) is 54.4 Å². The number of amides is 2. The Labute approximate surface area is 197 Å². The van der Waals surface area contributed by atoms with E-state index in [1.165, 1.54) is 0 Å². The van der Waals surface area contributed by atoms with Crippen molar-refractivity contribution in [2.75, 3.05) is 20.0 Å². The Morgan fingerprint density at radius 3 is 2.58 bits per heavy atom. The Hall–Kier alpha value is -3.39. The first-order valence-electron chi connectivity index (χ1n) is 10.6. The summed E-state index contributed by atoms with van der Waals surface area (Å²) in [4.78, 5) is 27.0. The third kappa shape index (κ3) is 5.01. The van der Waals surface area contributed by atoms with Gasteiger partial charge in [-0.15, -0.1) is 11.8 Å². The van der Waals surface area contributed by atoms with Crippen LogP contribution >= 0.6 is 11.8 Å². The quantitative estimate of drug-likeness (QED) is 0.524. The van der Waals surface area contributed by atoms with Gasteiger partial charge in [0.25, 0.3) is 5.91 Å². The lowest BCUT2D eigenvalue weighted by molar-refractivity contribution is -0.128. The number of carbonyl (C=O) groups is 2. The third-order valence-corrected chi connectivity index (χ3v) is 6.84. The van der Waals surface area contributed by atoms with Gasteiger partial charge in [0.15, 0.2) is 11.5 Å². The molecule has 4 rings (SSSR count). The van der Waals surface area contributed by atoms with Gasteiger partial charge in [-0.2, -0.15) is 0 Å². The summed E-state index contributed by atoms with van der Waals surface area (Å²) in [7, 11) is 3.17. The van der Waals surface area contributed by atoms with Crippen LogP contribution in [0.3, 0.4) is 0 Å². The van der Waals surface area contributed by atoms with E-state index in [9.17, 15) is 9.59 Å². The summed E-state index contributed by atoms with van der Waals surface area (Å²) in [6.45, 7) is 2.34. The molecule has 1 aliphatic rings. The van der Waals surface area contributed by atoms with E-state index in [0.29, 0.717) is 29.4 Å². The van der Waals surface area contributed by atoms with Crippen molar-refractivity contribution in [2.45, 2.75) is 24.9 Å². The lowest BCUT2D eigenvalue weighted by Crippen LogP contribution is -2.28. The highest BCUT2D eigenvalue weighted by Crippen LogP contribution is 2.39. The zero-order valence-corrected chi connectivity index (χ0v) is 19.6. The topological polar surface area (TPSA) is 81.0 Å². The number of nitrogens with one attached hydrogen (secondary N) is 1. The molecule has 0 spiro atoms. The standard InChI is InChI=1S/C25H26N2O5S/c1-16(19-10-11-21(30-2)22(13-19)31-3)26-24(29)17-6-8-18(9-7-17)25-27(23(28)15-33-25)14-20-5-4-12-32-20/h4-13,16,25H,14-15H2,1-3H3,(H,26,29)/t16-,25+/m1/s1. The molecule has 1 saturated heterocycles. The van der Waals surface area contributed by atoms with Crippen molar-refractivity contribution < 1.29 is 23.5 Å². The summed E-state index contributed by atoms with van der Waals surface area (Å²) < 4.78 is 16.0. The van der Waals surface area contributed by atoms with Crippen LogP contribution in [0.5, 0.6) is 11.5 Å². The fraction of sp³-hybridized carbons (Fsp3) is 0.280. The number of thioether (sulfide) groups is 1. The molecule has 2 heterocycles. The SMILES string of the molecule is COc1ccc([C@@H](C)NC(=O)c2ccc([C@@H]3SCC(=O)N3Cc3ccco3)cc2)cc1OC. The summed E-state index contributed by atoms with van der Waals surface area (Å²) in [6.07, 6.45) is 1.61. The second-order valence-electron chi connectivity index (χ2n) is 7.70. The van der Waals surface area contributed by atoms with Gasteiger partial charge >= 0.3 is 0 Å². The average molecular weight is 467 g/mol. The molecule has 33 heavy (non-hydrogen) atoms. The number of hydrogen-bond acceptors (Lipinski definition) is 6. The Balaban J connectivity index is 1.43. The fourth-order valence-corrected chi connectivity index (χ4v) is 4.94. The van der Waals surface area contributed by atoms with Crippen molar-refractivity contribution in [3.63, 3.8) is 0 Å². The van der Waals surface area contributed by atoms with E-state index >= 15 is 0 Å². The molecule has 0 bridgehead atoms. The number of furan rings is 1. The number of carbonyl (C=O) groups excluding carboxylic acids is 2. The largest absolute Gasteiger partial charge is 0.493 e. The van der Waals surface area contributed by atoms with E-state index in [1.807, 2.05) is 49.4 Å². The van der Waals surface area contributed by atoms with Crippen LogP contribution in [0.2, 0.25) is 0 Å². The molecule has 2 amide bonds. The number of hydrogen-bond donors (Lipinski definition) is 1. The summed E-state index contributed by atoms with van der Waals surface area (Å²) in [6, 6.07) is 16.4. The van der Waals surface area contributed by atoms with Crippen LogP contribution in [0.4, 0.5) is 0 Å². The molecule has 0 saturated carbocycles. The molecule has 0 unspecified atom stereocenters. The van der Waals surface area contributed by atoms with Gasteiger partial charge in [0.2, 0.25) is 5.91 Å². The monoisotopic (exact) mass is 466 g/mol. The molecule has 0 aliphatic carbocycles. The van der Waals surface area contributed by atoms with Crippen LogP contribution in [0.15, 0.2) is 65.3 Å². The maximum atomic E-state index is 12.8. The minimum atomic E-state index is -0.219. The van der Waals surface area contributed by atoms with E-state index in [0.717, 1.165) is 16.9 Å². The van der Waals surface area contributed by atoms with Crippen LogP contribution in [0.25, 0.3) is 0 Å². The number of benzene rings is 2. The molecule has 1 aliphatic heterocycles. The van der Waals surface area contributed by atoms with Gasteiger partial charge in [-0.1, -0.05) is 18.2 Å². The number of rotatable bonds is 8. The zero-order chi connectivity index (χ0) is 23.4. The van der Waals surface area contributed by atoms with Crippen molar-refractivity contribution in [3.8, 4) is 11.5 Å². The highest BCUT2D eigenvalue weighted by atomic mass is 32.2. The molecular formula is C25H26N2O5S. The number of methoxy groups -OCH3 is 2. The molecule has 2 atom stereocenters. The van der Waals surface area contributed by atoms with Crippen molar-refractivity contribution >= 4 is 23.6 Å². The van der Waals surface area contributed by atoms with Crippen LogP contribution in [-0.2, 0) is 11.3 Å². The second kappa shape index (κ2) is 10.0. The van der Waals surface area contributed by atoms with Gasteiger partial charge in [0, 0.05) is 5.56 Å². The molecule has 7 nitrogen and oxygen atoms in total. The Morgan fingerprint density at radius 1 is 1.15 bits per heavy atom. The minimum Gasteiger partial charge on any atom is -0.493 e. The molecule has 1 N–H and O–H groups in total. The van der Waals surface area contributed by atoms with Crippen molar-refractivity contribution in [1.82, 2.24) is 10.2 Å². The lowest BCUT2D eigenvalue weighted by Gasteiger charge is -2.23. The van der Waals surface area contributed by atoms with Crippen LogP contribution in [0.1, 0.15) is 45.6 Å². The minimum absolute atomic E-state index is 0.0759. The summed E-state index contributed by atoms with van der Waals surface area (Å²) in [5, 5.41) is 2.91. The van der Waals surface area contributed by atoms with E-state index in [4.69, 9.17) is 13.9 Å². The smallest absolute Gasteiger partial charge is 0.251 e. The Morgan fingerprint density at radius 2 is 1.91 bits per heavy atom. The molecular weight excluding hydrogens is 440 g/mol. The molecule has 1 aromatic heterocycles. The highest BCUT2D eigenvalue weighted by molar-refractivity contribution is 8.00. The van der Waals surface area contributed by atoms with Gasteiger partial charge in [-0.25, -0.2) is 0 Å². The first kappa shape index (κ1) is 22.8. The molecule has 0 radical (unpaired) electrons. The summed E-state index contributed by atoms with van der Waals surface area (Å²) >= 11 is 1.57. The first-order valence-corrected chi connectivity index (χ1v) is 11.6. The zero-order valence-electron chi connectivity index (χ0n) is 18.7. The first-order chi connectivity index (χ1) is 16.0. The molecule has 2 aromatic carbocycles. The maximum absolute atomic E-state index is 12.8. The predicted molar refractivity (Wildman–Crippen MR) is 126 cm³/mol. The van der Waals surface area contributed by atoms with E-state index in [-0.39, 0.29) is 23.2 Å². The lowest BCUT2D eigenvalue weighted by atomic mass is 10.1. The third-order valence-electron chi connectivity index (χ3n) is 5.59. The van der Waals surface area contributed by atoms with E-state index < -0.39 is 0 Å². The van der Waals surface area contributed by atoms with Crippen molar-refractivity contribution in [1.29, 1.82) is 0 Å².